The molecule has 4 atom stereocenters. The zero-order valence-electron chi connectivity index (χ0n) is 15.8. The first-order valence-corrected chi connectivity index (χ1v) is 8.91. The number of halogens is 4. The topological polar surface area (TPSA) is 115 Å². The molecule has 4 unspecified atom stereocenters. The van der Waals surface area contributed by atoms with E-state index in [1.165, 1.54) is 10.9 Å². The predicted octanol–water partition coefficient (Wildman–Crippen LogP) is 2.09. The molecule has 30 heavy (non-hydrogen) atoms. The molecule has 0 bridgehead atoms. The van der Waals surface area contributed by atoms with Crippen molar-refractivity contribution < 1.29 is 41.7 Å². The standard InChI is InChI=1S/C16H16ClF3N4O6/c1-6-22-13(17)10-14(23-6)24(5-21-10)15-12(29-8(3)26)11(28-7(2)25)9(30-15)4-27-16(18,19)20/h5,9,11-12,15H,4H2,1-3H3. The van der Waals surface area contributed by atoms with Crippen molar-refractivity contribution >= 4 is 34.7 Å². The van der Waals surface area contributed by atoms with Gasteiger partial charge in [0, 0.05) is 13.8 Å². The summed E-state index contributed by atoms with van der Waals surface area (Å²) >= 11 is 6.06. The average Bonchev–Trinajstić information content (AvgIpc) is 3.14. The molecule has 1 aliphatic rings. The summed E-state index contributed by atoms with van der Waals surface area (Å²) in [6.45, 7) is 2.72. The number of aromatic nitrogens is 4. The van der Waals surface area contributed by atoms with Gasteiger partial charge in [0.2, 0.25) is 0 Å². The minimum atomic E-state index is -4.95. The SMILES string of the molecule is CC(=O)OC1C(COC(F)(F)F)OC(n2cnc3c(Cl)nc(C)nc32)C1OC(C)=O. The van der Waals surface area contributed by atoms with Crippen LogP contribution in [0, 0.1) is 6.92 Å². The fraction of sp³-hybridized carbons (Fsp3) is 0.562. The number of alkyl halides is 3. The third-order valence-corrected chi connectivity index (χ3v) is 4.33. The van der Waals surface area contributed by atoms with Crippen molar-refractivity contribution in [3.8, 4) is 0 Å². The summed E-state index contributed by atoms with van der Waals surface area (Å²) in [4.78, 5) is 35.4. The predicted molar refractivity (Wildman–Crippen MR) is 92.1 cm³/mol. The Morgan fingerprint density at radius 1 is 1.20 bits per heavy atom. The van der Waals surface area contributed by atoms with Gasteiger partial charge in [0.1, 0.15) is 17.4 Å². The van der Waals surface area contributed by atoms with Gasteiger partial charge in [-0.2, -0.15) is 0 Å². The first kappa shape index (κ1) is 22.2. The van der Waals surface area contributed by atoms with Crippen molar-refractivity contribution in [3.63, 3.8) is 0 Å². The van der Waals surface area contributed by atoms with E-state index in [9.17, 15) is 22.8 Å². The van der Waals surface area contributed by atoms with Gasteiger partial charge in [-0.1, -0.05) is 11.6 Å². The molecule has 1 fully saturated rings. The highest BCUT2D eigenvalue weighted by Gasteiger charge is 2.51. The van der Waals surface area contributed by atoms with Crippen LogP contribution in [-0.2, 0) is 28.5 Å². The number of fused-ring (bicyclic) bond motifs is 1. The van der Waals surface area contributed by atoms with Crippen molar-refractivity contribution in [1.82, 2.24) is 19.5 Å². The number of ether oxygens (including phenoxy) is 4. The lowest BCUT2D eigenvalue weighted by Crippen LogP contribution is -2.41. The number of aryl methyl sites for hydroxylation is 1. The van der Waals surface area contributed by atoms with Crippen LogP contribution >= 0.6 is 11.6 Å². The molecule has 3 rings (SSSR count). The normalized spacial score (nSPS) is 24.2. The van der Waals surface area contributed by atoms with Gasteiger partial charge >= 0.3 is 18.3 Å². The Hall–Kier alpha value is -2.51. The number of rotatable bonds is 5. The number of carbonyl (C=O) groups is 2. The molecule has 2 aromatic heterocycles. The molecule has 0 spiro atoms. The Morgan fingerprint density at radius 3 is 2.43 bits per heavy atom. The summed E-state index contributed by atoms with van der Waals surface area (Å²) in [6.07, 6.45) is -9.01. The highest BCUT2D eigenvalue weighted by atomic mass is 35.5. The number of hydrogen-bond donors (Lipinski definition) is 0. The van der Waals surface area contributed by atoms with Crippen LogP contribution in [-0.4, -0.2) is 62.7 Å². The lowest BCUT2D eigenvalue weighted by Gasteiger charge is -2.24. The van der Waals surface area contributed by atoms with Crippen LogP contribution < -0.4 is 0 Å². The highest BCUT2D eigenvalue weighted by Crippen LogP contribution is 2.37. The van der Waals surface area contributed by atoms with E-state index in [0.29, 0.717) is 5.82 Å². The first-order valence-electron chi connectivity index (χ1n) is 8.53. The van der Waals surface area contributed by atoms with Gasteiger partial charge in [-0.3, -0.25) is 18.9 Å². The molecule has 10 nitrogen and oxygen atoms in total. The summed E-state index contributed by atoms with van der Waals surface area (Å²) in [5.41, 5.74) is 0.389. The molecule has 1 aliphatic heterocycles. The van der Waals surface area contributed by atoms with Gasteiger partial charge in [-0.05, 0) is 6.92 Å². The van der Waals surface area contributed by atoms with E-state index in [-0.39, 0.29) is 16.3 Å². The average molecular weight is 453 g/mol. The van der Waals surface area contributed by atoms with Gasteiger partial charge in [-0.15, -0.1) is 13.2 Å². The van der Waals surface area contributed by atoms with Crippen molar-refractivity contribution in [1.29, 1.82) is 0 Å². The Kier molecular flexibility index (Phi) is 6.15. The van der Waals surface area contributed by atoms with Crippen LogP contribution in [0.2, 0.25) is 5.15 Å². The summed E-state index contributed by atoms with van der Waals surface area (Å²) < 4.78 is 58.8. The molecule has 0 saturated carbocycles. The summed E-state index contributed by atoms with van der Waals surface area (Å²) in [5, 5.41) is 0.0479. The van der Waals surface area contributed by atoms with Crippen molar-refractivity contribution in [2.45, 2.75) is 51.7 Å². The van der Waals surface area contributed by atoms with Crippen LogP contribution in [0.5, 0.6) is 0 Å². The zero-order chi connectivity index (χ0) is 22.2. The van der Waals surface area contributed by atoms with E-state index in [1.807, 2.05) is 0 Å². The Balaban J connectivity index is 2.03. The van der Waals surface area contributed by atoms with Crippen LogP contribution in [0.25, 0.3) is 11.2 Å². The molecule has 0 radical (unpaired) electrons. The molecular formula is C16H16ClF3N4O6. The fourth-order valence-corrected chi connectivity index (χ4v) is 3.32. The van der Waals surface area contributed by atoms with Gasteiger partial charge < -0.3 is 14.2 Å². The van der Waals surface area contributed by atoms with Crippen LogP contribution in [0.3, 0.4) is 0 Å². The van der Waals surface area contributed by atoms with Gasteiger partial charge in [-0.25, -0.2) is 15.0 Å². The molecular weight excluding hydrogens is 437 g/mol. The second kappa shape index (κ2) is 8.32. The van der Waals surface area contributed by atoms with Gasteiger partial charge in [0.15, 0.2) is 29.2 Å². The second-order valence-corrected chi connectivity index (χ2v) is 6.71. The molecule has 0 amide bonds. The number of esters is 2. The fourth-order valence-electron chi connectivity index (χ4n) is 3.06. The monoisotopic (exact) mass is 452 g/mol. The minimum absolute atomic E-state index is 0.0479. The van der Waals surface area contributed by atoms with Crippen molar-refractivity contribution in [3.05, 3.63) is 17.3 Å². The third-order valence-electron chi connectivity index (χ3n) is 4.07. The molecule has 2 aromatic rings. The highest BCUT2D eigenvalue weighted by molar-refractivity contribution is 6.33. The molecule has 0 N–H and O–H groups in total. The number of carbonyl (C=O) groups excluding carboxylic acids is 2. The maximum atomic E-state index is 12.6. The van der Waals surface area contributed by atoms with Crippen molar-refractivity contribution in [2.75, 3.05) is 6.61 Å². The van der Waals surface area contributed by atoms with E-state index in [0.717, 1.165) is 13.8 Å². The molecule has 164 valence electrons. The van der Waals surface area contributed by atoms with E-state index in [4.69, 9.17) is 25.8 Å². The Morgan fingerprint density at radius 2 is 1.83 bits per heavy atom. The van der Waals surface area contributed by atoms with Gasteiger partial charge in [0.05, 0.1) is 12.9 Å². The number of hydrogen-bond acceptors (Lipinski definition) is 9. The molecule has 14 heteroatoms. The first-order chi connectivity index (χ1) is 14.0. The van der Waals surface area contributed by atoms with E-state index >= 15 is 0 Å². The molecule has 1 saturated heterocycles. The molecule has 0 aromatic carbocycles. The maximum absolute atomic E-state index is 12.6. The number of imidazole rings is 1. The largest absolute Gasteiger partial charge is 0.522 e. The Labute approximate surface area is 172 Å². The van der Waals surface area contributed by atoms with E-state index in [1.54, 1.807) is 6.92 Å². The van der Waals surface area contributed by atoms with E-state index < -0.39 is 49.4 Å². The van der Waals surface area contributed by atoms with Crippen molar-refractivity contribution in [2.24, 2.45) is 0 Å². The smallest absolute Gasteiger partial charge is 0.456 e. The quantitative estimate of drug-likeness (QED) is 0.496. The minimum Gasteiger partial charge on any atom is -0.456 e. The van der Waals surface area contributed by atoms with E-state index in [2.05, 4.69) is 19.7 Å². The zero-order valence-corrected chi connectivity index (χ0v) is 16.6. The summed E-state index contributed by atoms with van der Waals surface area (Å²) in [7, 11) is 0. The number of nitrogens with zero attached hydrogens (tertiary/aromatic N) is 4. The van der Waals surface area contributed by atoms with Crippen LogP contribution in [0.4, 0.5) is 13.2 Å². The summed E-state index contributed by atoms with van der Waals surface area (Å²) in [6, 6.07) is 0. The second-order valence-electron chi connectivity index (χ2n) is 6.36. The third kappa shape index (κ3) is 4.79. The molecule has 0 aliphatic carbocycles. The lowest BCUT2D eigenvalue weighted by atomic mass is 10.1. The van der Waals surface area contributed by atoms with Gasteiger partial charge in [0.25, 0.3) is 0 Å². The maximum Gasteiger partial charge on any atom is 0.522 e. The molecule has 3 heterocycles. The van der Waals surface area contributed by atoms with Crippen LogP contribution in [0.15, 0.2) is 6.33 Å². The summed E-state index contributed by atoms with van der Waals surface area (Å²) in [5.74, 6) is -1.28. The lowest BCUT2D eigenvalue weighted by molar-refractivity contribution is -0.333. The Bertz CT molecular complexity index is 968. The van der Waals surface area contributed by atoms with Crippen LogP contribution in [0.1, 0.15) is 25.9 Å².